The normalized spacial score (nSPS) is 16.0. The Morgan fingerprint density at radius 3 is 2.57 bits per heavy atom. The Kier molecular flexibility index (Phi) is 6.52. The van der Waals surface area contributed by atoms with E-state index in [9.17, 15) is 10.2 Å². The molecule has 1 aliphatic heterocycles. The topological polar surface area (TPSA) is 81.5 Å². The Morgan fingerprint density at radius 2 is 1.93 bits per heavy atom. The minimum absolute atomic E-state index is 0.0510. The number of hydrogen-bond acceptors (Lipinski definition) is 6. The molecule has 0 radical (unpaired) electrons. The number of nitrogens with zero attached hydrogens (tertiary/aromatic N) is 3. The summed E-state index contributed by atoms with van der Waals surface area (Å²) in [6, 6.07) is 8.23. The van der Waals surface area contributed by atoms with Gasteiger partial charge in [-0.05, 0) is 42.4 Å². The summed E-state index contributed by atoms with van der Waals surface area (Å²) >= 11 is 0. The predicted molar refractivity (Wildman–Crippen MR) is 113 cm³/mol. The minimum atomic E-state index is -0.439. The van der Waals surface area contributed by atoms with Crippen LogP contribution in [0.5, 0.6) is 0 Å². The Bertz CT molecular complexity index is 807. The van der Waals surface area contributed by atoms with Crippen LogP contribution in [0.4, 0.5) is 11.8 Å². The summed E-state index contributed by atoms with van der Waals surface area (Å²) in [4.78, 5) is 11.6. The molecule has 152 valence electrons. The zero-order valence-corrected chi connectivity index (χ0v) is 17.3. The third-order valence-corrected chi connectivity index (χ3v) is 5.49. The molecular formula is C22H32N4O2. The van der Waals surface area contributed by atoms with Gasteiger partial charge in [0.1, 0.15) is 5.82 Å². The average molecular weight is 385 g/mol. The quantitative estimate of drug-likeness (QED) is 0.681. The molecule has 0 saturated heterocycles. The van der Waals surface area contributed by atoms with Crippen LogP contribution in [0, 0.1) is 5.92 Å². The highest BCUT2D eigenvalue weighted by Crippen LogP contribution is 2.27. The standard InChI is InChI=1S/C22H32N4O2/c1-5-19-11-21(25-22(23-19)24-20(13-27)14(2)3)26-9-8-17-10-16(15(4)28)6-7-18(17)12-26/h6-7,10-11,14-15,20,27-28H,5,8-9,12-13H2,1-4H3,(H,23,24,25)/t15-,20+/m1/s1. The molecule has 2 aromatic rings. The van der Waals surface area contributed by atoms with E-state index in [0.29, 0.717) is 5.95 Å². The van der Waals surface area contributed by atoms with Gasteiger partial charge in [-0.3, -0.25) is 0 Å². The minimum Gasteiger partial charge on any atom is -0.394 e. The number of aliphatic hydroxyl groups is 2. The van der Waals surface area contributed by atoms with Gasteiger partial charge < -0.3 is 20.4 Å². The monoisotopic (exact) mass is 384 g/mol. The summed E-state index contributed by atoms with van der Waals surface area (Å²) in [7, 11) is 0. The third kappa shape index (κ3) is 4.62. The van der Waals surface area contributed by atoms with Crippen LogP contribution < -0.4 is 10.2 Å². The van der Waals surface area contributed by atoms with Crippen LogP contribution in [0.1, 0.15) is 56.2 Å². The first kappa shape index (κ1) is 20.6. The van der Waals surface area contributed by atoms with Gasteiger partial charge in [0.05, 0.1) is 18.8 Å². The number of hydrogen-bond donors (Lipinski definition) is 3. The van der Waals surface area contributed by atoms with Crippen LogP contribution in [0.2, 0.25) is 0 Å². The third-order valence-electron chi connectivity index (χ3n) is 5.49. The smallest absolute Gasteiger partial charge is 0.225 e. The first-order valence-electron chi connectivity index (χ1n) is 10.2. The van der Waals surface area contributed by atoms with Gasteiger partial charge >= 0.3 is 0 Å². The number of aryl methyl sites for hydroxylation is 1. The summed E-state index contributed by atoms with van der Waals surface area (Å²) in [5, 5.41) is 22.7. The molecule has 6 heteroatoms. The van der Waals surface area contributed by atoms with Gasteiger partial charge in [0, 0.05) is 24.8 Å². The molecule has 6 nitrogen and oxygen atoms in total. The fraction of sp³-hybridized carbons (Fsp3) is 0.545. The van der Waals surface area contributed by atoms with E-state index in [1.165, 1.54) is 11.1 Å². The van der Waals surface area contributed by atoms with Crippen LogP contribution in [-0.2, 0) is 19.4 Å². The van der Waals surface area contributed by atoms with Gasteiger partial charge in [-0.15, -0.1) is 0 Å². The molecule has 0 saturated carbocycles. The van der Waals surface area contributed by atoms with Crippen molar-refractivity contribution in [2.24, 2.45) is 5.92 Å². The second-order valence-corrected chi connectivity index (χ2v) is 7.95. The molecule has 0 bridgehead atoms. The van der Waals surface area contributed by atoms with E-state index in [2.05, 4.69) is 54.2 Å². The van der Waals surface area contributed by atoms with E-state index >= 15 is 0 Å². The lowest BCUT2D eigenvalue weighted by Gasteiger charge is -2.31. The van der Waals surface area contributed by atoms with Crippen LogP contribution >= 0.6 is 0 Å². The van der Waals surface area contributed by atoms with E-state index in [-0.39, 0.29) is 18.6 Å². The SMILES string of the molecule is CCc1cc(N2CCc3cc([C@@H](C)O)ccc3C2)nc(N[C@@H](CO)C(C)C)n1. The maximum absolute atomic E-state index is 9.82. The van der Waals surface area contributed by atoms with Crippen LogP contribution in [-0.4, -0.2) is 39.4 Å². The number of aliphatic hydroxyl groups excluding tert-OH is 2. The molecule has 3 N–H and O–H groups in total. The first-order valence-corrected chi connectivity index (χ1v) is 10.2. The summed E-state index contributed by atoms with van der Waals surface area (Å²) in [6.45, 7) is 9.75. The highest BCUT2D eigenvalue weighted by Gasteiger charge is 2.21. The average Bonchev–Trinajstić information content (AvgIpc) is 2.70. The second-order valence-electron chi connectivity index (χ2n) is 7.95. The largest absolute Gasteiger partial charge is 0.394 e. The van der Waals surface area contributed by atoms with Crippen molar-refractivity contribution in [3.05, 3.63) is 46.6 Å². The molecule has 2 atom stereocenters. The van der Waals surface area contributed by atoms with Crippen LogP contribution in [0.3, 0.4) is 0 Å². The highest BCUT2D eigenvalue weighted by atomic mass is 16.3. The maximum atomic E-state index is 9.82. The Hall–Kier alpha value is -2.18. The van der Waals surface area contributed by atoms with Crippen molar-refractivity contribution in [1.29, 1.82) is 0 Å². The molecular weight excluding hydrogens is 352 g/mol. The molecule has 0 aliphatic carbocycles. The highest BCUT2D eigenvalue weighted by molar-refractivity contribution is 5.49. The molecule has 0 spiro atoms. The fourth-order valence-corrected chi connectivity index (χ4v) is 3.51. The molecule has 0 amide bonds. The summed E-state index contributed by atoms with van der Waals surface area (Å²) in [5.41, 5.74) is 4.54. The van der Waals surface area contributed by atoms with Crippen LogP contribution in [0.25, 0.3) is 0 Å². The van der Waals surface area contributed by atoms with Crippen molar-refractivity contribution < 1.29 is 10.2 Å². The van der Waals surface area contributed by atoms with Crippen molar-refractivity contribution >= 4 is 11.8 Å². The van der Waals surface area contributed by atoms with Crippen molar-refractivity contribution in [2.75, 3.05) is 23.4 Å². The molecule has 28 heavy (non-hydrogen) atoms. The van der Waals surface area contributed by atoms with E-state index in [1.54, 1.807) is 6.92 Å². The Morgan fingerprint density at radius 1 is 1.14 bits per heavy atom. The number of aromatic nitrogens is 2. The van der Waals surface area contributed by atoms with E-state index < -0.39 is 6.10 Å². The Labute approximate surface area is 167 Å². The van der Waals surface area contributed by atoms with Crippen molar-refractivity contribution in [2.45, 2.75) is 59.2 Å². The number of anilines is 2. The van der Waals surface area contributed by atoms with Crippen molar-refractivity contribution in [1.82, 2.24) is 9.97 Å². The predicted octanol–water partition coefficient (Wildman–Crippen LogP) is 3.08. The number of benzene rings is 1. The van der Waals surface area contributed by atoms with Gasteiger partial charge in [0.25, 0.3) is 0 Å². The van der Waals surface area contributed by atoms with Crippen LogP contribution in [0.15, 0.2) is 24.3 Å². The first-order chi connectivity index (χ1) is 13.4. The van der Waals surface area contributed by atoms with E-state index in [4.69, 9.17) is 4.98 Å². The summed E-state index contributed by atoms with van der Waals surface area (Å²) in [5.74, 6) is 1.78. The number of nitrogens with one attached hydrogen (secondary N) is 1. The lowest BCUT2D eigenvalue weighted by atomic mass is 9.96. The van der Waals surface area contributed by atoms with Gasteiger partial charge in [0.2, 0.25) is 5.95 Å². The maximum Gasteiger partial charge on any atom is 0.225 e. The van der Waals surface area contributed by atoms with E-state index in [1.807, 2.05) is 6.07 Å². The molecule has 1 aromatic heterocycles. The lowest BCUT2D eigenvalue weighted by Crippen LogP contribution is -2.33. The summed E-state index contributed by atoms with van der Waals surface area (Å²) in [6.07, 6.45) is 1.32. The molecule has 2 heterocycles. The van der Waals surface area contributed by atoms with Gasteiger partial charge in [0.15, 0.2) is 0 Å². The van der Waals surface area contributed by atoms with Gasteiger partial charge in [-0.1, -0.05) is 39.0 Å². The summed E-state index contributed by atoms with van der Waals surface area (Å²) < 4.78 is 0. The van der Waals surface area contributed by atoms with Gasteiger partial charge in [-0.25, -0.2) is 4.98 Å². The molecule has 3 rings (SSSR count). The molecule has 0 unspecified atom stereocenters. The fourth-order valence-electron chi connectivity index (χ4n) is 3.51. The van der Waals surface area contributed by atoms with Gasteiger partial charge in [-0.2, -0.15) is 4.98 Å². The zero-order chi connectivity index (χ0) is 20.3. The number of rotatable bonds is 7. The zero-order valence-electron chi connectivity index (χ0n) is 17.3. The number of fused-ring (bicyclic) bond motifs is 1. The lowest BCUT2D eigenvalue weighted by molar-refractivity contribution is 0.199. The van der Waals surface area contributed by atoms with E-state index in [0.717, 1.165) is 43.0 Å². The Balaban J connectivity index is 1.84. The molecule has 0 fully saturated rings. The second kappa shape index (κ2) is 8.88. The molecule has 1 aromatic carbocycles. The van der Waals surface area contributed by atoms with Crippen molar-refractivity contribution in [3.8, 4) is 0 Å². The molecule has 1 aliphatic rings. The van der Waals surface area contributed by atoms with Crippen molar-refractivity contribution in [3.63, 3.8) is 0 Å².